The van der Waals surface area contributed by atoms with Crippen molar-refractivity contribution >= 4 is 30.1 Å². The molecule has 1 aliphatic heterocycles. The van der Waals surface area contributed by atoms with Crippen LogP contribution in [0.15, 0.2) is 52.3 Å². The van der Waals surface area contributed by atoms with Gasteiger partial charge in [0.2, 0.25) is 5.96 Å². The first-order valence-electron chi connectivity index (χ1n) is 9.91. The second-order valence-corrected chi connectivity index (χ2v) is 6.56. The SMILES string of the molecule is C=C1C=NNC(=Nc2cc(C(=O)NC(C)CC)ccc2OC)N1/C(C)=C/C=O.CCO. The van der Waals surface area contributed by atoms with Crippen LogP contribution < -0.4 is 15.5 Å². The van der Waals surface area contributed by atoms with Gasteiger partial charge >= 0.3 is 0 Å². The molecule has 168 valence electrons. The van der Waals surface area contributed by atoms with E-state index in [0.29, 0.717) is 40.6 Å². The lowest BCUT2D eigenvalue weighted by Gasteiger charge is -2.28. The molecule has 9 heteroatoms. The van der Waals surface area contributed by atoms with Gasteiger partial charge in [-0.2, -0.15) is 5.10 Å². The van der Waals surface area contributed by atoms with Crippen molar-refractivity contribution in [2.75, 3.05) is 13.7 Å². The topological polar surface area (TPSA) is 116 Å². The normalized spacial score (nSPS) is 15.5. The monoisotopic (exact) mass is 429 g/mol. The highest BCUT2D eigenvalue weighted by molar-refractivity contribution is 5.98. The summed E-state index contributed by atoms with van der Waals surface area (Å²) in [7, 11) is 1.53. The fraction of sp³-hybridized carbons (Fsp3) is 0.364. The van der Waals surface area contributed by atoms with Gasteiger partial charge in [0, 0.05) is 23.9 Å². The molecule has 0 radical (unpaired) electrons. The highest BCUT2D eigenvalue weighted by Crippen LogP contribution is 2.30. The number of carbonyl (C=O) groups excluding carboxylic acids is 2. The number of allylic oxidation sites excluding steroid dienone is 3. The van der Waals surface area contributed by atoms with Crippen molar-refractivity contribution in [3.63, 3.8) is 0 Å². The van der Waals surface area contributed by atoms with Crippen molar-refractivity contribution in [1.29, 1.82) is 0 Å². The number of amides is 1. The summed E-state index contributed by atoms with van der Waals surface area (Å²) >= 11 is 0. The molecule has 1 aliphatic rings. The minimum atomic E-state index is -0.189. The second kappa shape index (κ2) is 13.0. The minimum Gasteiger partial charge on any atom is -0.494 e. The number of benzene rings is 1. The number of aliphatic imine (C=N–C) groups is 1. The molecule has 0 saturated heterocycles. The van der Waals surface area contributed by atoms with Crippen LogP contribution in [0.3, 0.4) is 0 Å². The molecule has 0 spiro atoms. The van der Waals surface area contributed by atoms with Crippen LogP contribution in [0.25, 0.3) is 0 Å². The van der Waals surface area contributed by atoms with Gasteiger partial charge in [0.15, 0.2) is 0 Å². The van der Waals surface area contributed by atoms with Crippen LogP contribution in [0.4, 0.5) is 5.69 Å². The number of aliphatic hydroxyl groups is 1. The third kappa shape index (κ3) is 7.38. The van der Waals surface area contributed by atoms with Crippen LogP contribution in [0.2, 0.25) is 0 Å². The molecule has 0 bridgehead atoms. The van der Waals surface area contributed by atoms with E-state index in [1.165, 1.54) is 19.4 Å². The molecule has 0 aromatic heterocycles. The van der Waals surface area contributed by atoms with Crippen LogP contribution in [0.1, 0.15) is 44.5 Å². The molecular weight excluding hydrogens is 398 g/mol. The van der Waals surface area contributed by atoms with Gasteiger partial charge in [-0.3, -0.25) is 14.5 Å². The van der Waals surface area contributed by atoms with Gasteiger partial charge in [-0.1, -0.05) is 13.5 Å². The number of hydrogen-bond acceptors (Lipinski definition) is 6. The number of rotatable bonds is 7. The first kappa shape index (κ1) is 25.6. The van der Waals surface area contributed by atoms with Gasteiger partial charge in [0.25, 0.3) is 5.91 Å². The molecule has 9 nitrogen and oxygen atoms in total. The molecule has 1 amide bonds. The lowest BCUT2D eigenvalue weighted by molar-refractivity contribution is -0.104. The summed E-state index contributed by atoms with van der Waals surface area (Å²) in [6, 6.07) is 5.07. The van der Waals surface area contributed by atoms with Crippen molar-refractivity contribution < 1.29 is 19.4 Å². The van der Waals surface area contributed by atoms with Crippen LogP contribution in [-0.2, 0) is 4.79 Å². The van der Waals surface area contributed by atoms with Crippen LogP contribution >= 0.6 is 0 Å². The van der Waals surface area contributed by atoms with E-state index in [2.05, 4.69) is 27.4 Å². The molecule has 1 aromatic carbocycles. The first-order chi connectivity index (χ1) is 14.8. The summed E-state index contributed by atoms with van der Waals surface area (Å²) in [4.78, 5) is 29.5. The predicted molar refractivity (Wildman–Crippen MR) is 122 cm³/mol. The van der Waals surface area contributed by atoms with Gasteiger partial charge < -0.3 is 15.2 Å². The van der Waals surface area contributed by atoms with Crippen molar-refractivity contribution in [1.82, 2.24) is 15.6 Å². The lowest BCUT2D eigenvalue weighted by atomic mass is 10.1. The first-order valence-corrected chi connectivity index (χ1v) is 9.91. The number of carbonyl (C=O) groups is 2. The van der Waals surface area contributed by atoms with E-state index in [-0.39, 0.29) is 18.6 Å². The molecule has 1 heterocycles. The van der Waals surface area contributed by atoms with E-state index in [9.17, 15) is 9.59 Å². The summed E-state index contributed by atoms with van der Waals surface area (Å²) in [5.74, 6) is 0.638. The highest BCUT2D eigenvalue weighted by Gasteiger charge is 2.20. The van der Waals surface area contributed by atoms with Crippen LogP contribution in [0.5, 0.6) is 5.75 Å². The Balaban J connectivity index is 0.00000151. The molecule has 0 saturated carbocycles. The van der Waals surface area contributed by atoms with Crippen LogP contribution in [0, 0.1) is 0 Å². The van der Waals surface area contributed by atoms with E-state index in [1.54, 1.807) is 36.9 Å². The van der Waals surface area contributed by atoms with Crippen LogP contribution in [-0.4, -0.2) is 54.1 Å². The Morgan fingerprint density at radius 1 is 1.45 bits per heavy atom. The minimum absolute atomic E-state index is 0.0636. The number of hydrogen-bond donors (Lipinski definition) is 3. The van der Waals surface area contributed by atoms with Gasteiger partial charge in [0.1, 0.15) is 17.7 Å². The molecule has 2 rings (SSSR count). The summed E-state index contributed by atoms with van der Waals surface area (Å²) < 4.78 is 5.38. The fourth-order valence-corrected chi connectivity index (χ4v) is 2.49. The van der Waals surface area contributed by atoms with E-state index < -0.39 is 0 Å². The maximum atomic E-state index is 12.5. The summed E-state index contributed by atoms with van der Waals surface area (Å²) in [6.07, 6.45) is 4.44. The zero-order chi connectivity index (χ0) is 23.4. The second-order valence-electron chi connectivity index (χ2n) is 6.56. The van der Waals surface area contributed by atoms with Crippen molar-refractivity contribution in [2.24, 2.45) is 10.1 Å². The molecule has 0 fully saturated rings. The molecule has 3 N–H and O–H groups in total. The van der Waals surface area contributed by atoms with Gasteiger partial charge in [0.05, 0.1) is 19.0 Å². The third-order valence-electron chi connectivity index (χ3n) is 4.20. The van der Waals surface area contributed by atoms with Crippen molar-refractivity contribution in [3.8, 4) is 5.75 Å². The number of nitrogens with one attached hydrogen (secondary N) is 2. The van der Waals surface area contributed by atoms with Crippen molar-refractivity contribution in [2.45, 2.75) is 40.2 Å². The molecular formula is C22H31N5O4. The smallest absolute Gasteiger partial charge is 0.251 e. The zero-order valence-corrected chi connectivity index (χ0v) is 18.7. The van der Waals surface area contributed by atoms with Gasteiger partial charge in [-0.15, -0.1) is 0 Å². The molecule has 1 atom stereocenters. The molecule has 31 heavy (non-hydrogen) atoms. The zero-order valence-electron chi connectivity index (χ0n) is 18.7. The molecule has 1 aromatic rings. The fourth-order valence-electron chi connectivity index (χ4n) is 2.49. The van der Waals surface area contributed by atoms with Gasteiger partial charge in [-0.25, -0.2) is 10.4 Å². The van der Waals surface area contributed by atoms with Crippen molar-refractivity contribution in [3.05, 3.63) is 47.8 Å². The average Bonchev–Trinajstić information content (AvgIpc) is 2.74. The standard InChI is InChI=1S/C20H25N5O3.C2H6O/c1-6-13(2)22-19(27)16-7-8-18(28-5)17(11-16)23-20-24-21-12-15(4)25(20)14(3)9-10-26;1-2-3/h7-13H,4,6H2,1-3,5H3,(H,22,27)(H,23,24);3H,2H2,1H3/b14-9+;. The maximum Gasteiger partial charge on any atom is 0.251 e. The average molecular weight is 430 g/mol. The molecule has 0 aliphatic carbocycles. The number of aliphatic hydroxyl groups excluding tert-OH is 1. The van der Waals surface area contributed by atoms with Gasteiger partial charge in [-0.05, 0) is 51.5 Å². The predicted octanol–water partition coefficient (Wildman–Crippen LogP) is 2.72. The Kier molecular flexibility index (Phi) is 10.7. The third-order valence-corrected chi connectivity index (χ3v) is 4.20. The number of nitrogens with zero attached hydrogens (tertiary/aromatic N) is 3. The number of hydrazone groups is 1. The maximum absolute atomic E-state index is 12.5. The Hall–Kier alpha value is -3.46. The number of methoxy groups -OCH3 is 1. The van der Waals surface area contributed by atoms with E-state index >= 15 is 0 Å². The van der Waals surface area contributed by atoms with E-state index in [1.807, 2.05) is 13.8 Å². The highest BCUT2D eigenvalue weighted by atomic mass is 16.5. The Bertz CT molecular complexity index is 877. The lowest BCUT2D eigenvalue weighted by Crippen LogP contribution is -2.40. The number of ether oxygens (including phenoxy) is 1. The van der Waals surface area contributed by atoms with E-state index in [4.69, 9.17) is 9.84 Å². The Morgan fingerprint density at radius 2 is 2.13 bits per heavy atom. The summed E-state index contributed by atoms with van der Waals surface area (Å²) in [5.41, 5.74) is 4.86. The summed E-state index contributed by atoms with van der Waals surface area (Å²) in [6.45, 7) is 11.6. The number of guanidine groups is 1. The van der Waals surface area contributed by atoms with E-state index in [0.717, 1.165) is 6.42 Å². The summed E-state index contributed by atoms with van der Waals surface area (Å²) in [5, 5.41) is 14.5. The quantitative estimate of drug-likeness (QED) is 0.453. The Morgan fingerprint density at radius 3 is 2.71 bits per heavy atom. The Labute approximate surface area is 183 Å². The molecule has 1 unspecified atom stereocenters. The largest absolute Gasteiger partial charge is 0.494 e. The number of aldehydes is 1.